The van der Waals surface area contributed by atoms with Gasteiger partial charge in [0.1, 0.15) is 6.54 Å². The lowest BCUT2D eigenvalue weighted by Gasteiger charge is -2.07. The highest BCUT2D eigenvalue weighted by Crippen LogP contribution is 2.14. The van der Waals surface area contributed by atoms with Gasteiger partial charge in [-0.05, 0) is 30.3 Å². The highest BCUT2D eigenvalue weighted by Gasteiger charge is 2.09. The van der Waals surface area contributed by atoms with E-state index >= 15 is 0 Å². The third kappa shape index (κ3) is 4.03. The van der Waals surface area contributed by atoms with Crippen molar-refractivity contribution in [2.24, 2.45) is 0 Å². The van der Waals surface area contributed by atoms with Gasteiger partial charge in [0.05, 0.1) is 5.56 Å². The van der Waals surface area contributed by atoms with Gasteiger partial charge in [0.25, 0.3) is 11.5 Å². The van der Waals surface area contributed by atoms with Gasteiger partial charge in [0, 0.05) is 22.4 Å². The summed E-state index contributed by atoms with van der Waals surface area (Å²) in [5, 5.41) is 11.4. The van der Waals surface area contributed by atoms with Gasteiger partial charge in [-0.15, -0.1) is 0 Å². The van der Waals surface area contributed by atoms with Crippen molar-refractivity contribution in [2.45, 2.75) is 6.54 Å². The number of rotatable bonds is 4. The number of aromatic nitrogens is 1. The molecular weight excluding hydrogens is 340 g/mol. The number of benzene rings is 1. The zero-order valence-electron chi connectivity index (χ0n) is 10.7. The number of hydrogen-bond acceptors (Lipinski definition) is 3. The number of nitrogens with zero attached hydrogens (tertiary/aromatic N) is 1. The zero-order valence-corrected chi connectivity index (χ0v) is 12.3. The molecule has 7 heteroatoms. The summed E-state index contributed by atoms with van der Waals surface area (Å²) in [6.07, 6.45) is 1.23. The lowest BCUT2D eigenvalue weighted by atomic mass is 10.2. The summed E-state index contributed by atoms with van der Waals surface area (Å²) in [6.45, 7) is -0.488. The first kappa shape index (κ1) is 15.0. The van der Waals surface area contributed by atoms with E-state index in [1.54, 1.807) is 24.3 Å². The van der Waals surface area contributed by atoms with Gasteiger partial charge in [-0.2, -0.15) is 0 Å². The number of carbonyl (C=O) groups is 2. The van der Waals surface area contributed by atoms with Crippen LogP contribution in [0.1, 0.15) is 10.4 Å². The van der Waals surface area contributed by atoms with Crippen LogP contribution in [0.15, 0.2) is 51.9 Å². The molecule has 6 nitrogen and oxygen atoms in total. The van der Waals surface area contributed by atoms with Crippen LogP contribution in [-0.2, 0) is 11.3 Å². The Hall–Kier alpha value is -2.41. The number of carboxylic acids is 1. The molecule has 2 rings (SSSR count). The molecule has 0 atom stereocenters. The molecule has 108 valence electrons. The molecule has 1 aromatic heterocycles. The quantitative estimate of drug-likeness (QED) is 0.881. The Labute approximate surface area is 128 Å². The second-order valence-electron chi connectivity index (χ2n) is 4.24. The van der Waals surface area contributed by atoms with Gasteiger partial charge in [-0.1, -0.05) is 15.9 Å². The first-order valence-electron chi connectivity index (χ1n) is 5.95. The van der Waals surface area contributed by atoms with E-state index in [1.165, 1.54) is 18.3 Å². The topological polar surface area (TPSA) is 88.4 Å². The molecule has 0 fully saturated rings. The number of pyridine rings is 1. The lowest BCUT2D eigenvalue weighted by Crippen LogP contribution is -2.25. The fourth-order valence-electron chi connectivity index (χ4n) is 1.67. The summed E-state index contributed by atoms with van der Waals surface area (Å²) < 4.78 is 1.86. The van der Waals surface area contributed by atoms with Crippen molar-refractivity contribution in [3.8, 4) is 0 Å². The fourth-order valence-corrected chi connectivity index (χ4v) is 1.94. The normalized spacial score (nSPS) is 10.1. The molecule has 0 spiro atoms. The van der Waals surface area contributed by atoms with E-state index in [0.29, 0.717) is 5.69 Å². The minimum absolute atomic E-state index is 0.207. The predicted octanol–water partition coefficient (Wildman–Crippen LogP) is 1.95. The van der Waals surface area contributed by atoms with Gasteiger partial charge >= 0.3 is 5.97 Å². The van der Waals surface area contributed by atoms with Crippen molar-refractivity contribution in [1.82, 2.24) is 4.57 Å². The van der Waals surface area contributed by atoms with Crippen LogP contribution in [0.5, 0.6) is 0 Å². The third-order valence-corrected chi connectivity index (χ3v) is 3.18. The van der Waals surface area contributed by atoms with E-state index in [2.05, 4.69) is 21.2 Å². The summed E-state index contributed by atoms with van der Waals surface area (Å²) in [5.74, 6) is -1.57. The van der Waals surface area contributed by atoms with Crippen LogP contribution in [0.25, 0.3) is 0 Å². The van der Waals surface area contributed by atoms with E-state index in [-0.39, 0.29) is 5.56 Å². The summed E-state index contributed by atoms with van der Waals surface area (Å²) in [6, 6.07) is 9.51. The van der Waals surface area contributed by atoms with E-state index in [9.17, 15) is 14.4 Å². The molecule has 0 unspecified atom stereocenters. The number of nitrogens with one attached hydrogen (secondary N) is 1. The van der Waals surface area contributed by atoms with Crippen LogP contribution < -0.4 is 10.9 Å². The number of carboxylic acid groups (broad SMARTS) is 1. The maximum absolute atomic E-state index is 12.1. The molecule has 1 amide bonds. The molecule has 0 bridgehead atoms. The smallest absolute Gasteiger partial charge is 0.323 e. The number of anilines is 1. The van der Waals surface area contributed by atoms with Gasteiger partial charge in [-0.25, -0.2) is 0 Å². The summed E-state index contributed by atoms with van der Waals surface area (Å²) in [4.78, 5) is 34.2. The van der Waals surface area contributed by atoms with Gasteiger partial charge in [0.15, 0.2) is 0 Å². The average molecular weight is 351 g/mol. The first-order chi connectivity index (χ1) is 9.95. The Morgan fingerprint density at radius 2 is 1.81 bits per heavy atom. The van der Waals surface area contributed by atoms with E-state index in [0.717, 1.165) is 9.04 Å². The number of aliphatic carboxylic acids is 1. The van der Waals surface area contributed by atoms with Crippen LogP contribution in [-0.4, -0.2) is 21.6 Å². The maximum atomic E-state index is 12.1. The minimum atomic E-state index is -1.15. The minimum Gasteiger partial charge on any atom is -0.480 e. The van der Waals surface area contributed by atoms with Crippen molar-refractivity contribution in [3.05, 3.63) is 63.0 Å². The number of amides is 1. The molecule has 1 aromatic carbocycles. The zero-order chi connectivity index (χ0) is 15.4. The molecule has 21 heavy (non-hydrogen) atoms. The Bertz CT molecular complexity index is 737. The second kappa shape index (κ2) is 6.36. The average Bonchev–Trinajstić information content (AvgIpc) is 2.43. The van der Waals surface area contributed by atoms with Crippen LogP contribution in [0.3, 0.4) is 0 Å². The molecule has 0 saturated heterocycles. The molecule has 0 saturated carbocycles. The van der Waals surface area contributed by atoms with Crippen molar-refractivity contribution < 1.29 is 14.7 Å². The first-order valence-corrected chi connectivity index (χ1v) is 6.74. The van der Waals surface area contributed by atoms with Crippen molar-refractivity contribution in [2.75, 3.05) is 5.32 Å². The monoisotopic (exact) mass is 350 g/mol. The molecule has 0 aliphatic heterocycles. The van der Waals surface area contributed by atoms with Crippen molar-refractivity contribution in [1.29, 1.82) is 0 Å². The van der Waals surface area contributed by atoms with Crippen LogP contribution in [0.4, 0.5) is 5.69 Å². The molecule has 0 aliphatic rings. The van der Waals surface area contributed by atoms with Crippen LogP contribution in [0, 0.1) is 0 Å². The standard InChI is InChI=1S/C14H11BrN2O4/c15-10-2-4-11(5-3-10)16-14(21)9-1-6-12(18)17(7-9)8-13(19)20/h1-7H,8H2,(H,16,21)(H,19,20). The largest absolute Gasteiger partial charge is 0.480 e. The summed E-state index contributed by atoms with van der Waals surface area (Å²) in [7, 11) is 0. The van der Waals surface area contributed by atoms with Crippen LogP contribution in [0.2, 0.25) is 0 Å². The predicted molar refractivity (Wildman–Crippen MR) is 80.4 cm³/mol. The molecule has 0 aliphatic carbocycles. The number of hydrogen-bond donors (Lipinski definition) is 2. The number of carbonyl (C=O) groups excluding carboxylic acids is 1. The molecule has 2 N–H and O–H groups in total. The van der Waals surface area contributed by atoms with E-state index < -0.39 is 24.0 Å². The highest BCUT2D eigenvalue weighted by molar-refractivity contribution is 9.10. The SMILES string of the molecule is O=C(O)Cn1cc(C(=O)Nc2ccc(Br)cc2)ccc1=O. The Balaban J connectivity index is 2.21. The summed E-state index contributed by atoms with van der Waals surface area (Å²) >= 11 is 3.29. The van der Waals surface area contributed by atoms with Gasteiger partial charge < -0.3 is 15.0 Å². The van der Waals surface area contributed by atoms with Gasteiger partial charge in [0.2, 0.25) is 0 Å². The number of halogens is 1. The third-order valence-electron chi connectivity index (χ3n) is 2.65. The second-order valence-corrected chi connectivity index (χ2v) is 5.15. The van der Waals surface area contributed by atoms with E-state index in [1.807, 2.05) is 0 Å². The lowest BCUT2D eigenvalue weighted by molar-refractivity contribution is -0.137. The molecule has 2 aromatic rings. The molecule has 1 heterocycles. The van der Waals surface area contributed by atoms with Crippen molar-refractivity contribution >= 4 is 33.5 Å². The Morgan fingerprint density at radius 1 is 1.14 bits per heavy atom. The van der Waals surface area contributed by atoms with Crippen molar-refractivity contribution in [3.63, 3.8) is 0 Å². The maximum Gasteiger partial charge on any atom is 0.323 e. The molecular formula is C14H11BrN2O4. The highest BCUT2D eigenvalue weighted by atomic mass is 79.9. The van der Waals surface area contributed by atoms with Gasteiger partial charge in [-0.3, -0.25) is 14.4 Å². The Kier molecular flexibility index (Phi) is 4.54. The molecule has 0 radical (unpaired) electrons. The van der Waals surface area contributed by atoms with Crippen LogP contribution >= 0.6 is 15.9 Å². The Morgan fingerprint density at radius 3 is 2.43 bits per heavy atom. The summed E-state index contributed by atoms with van der Waals surface area (Å²) in [5.41, 5.74) is 0.329. The fraction of sp³-hybridized carbons (Fsp3) is 0.0714. The van der Waals surface area contributed by atoms with E-state index in [4.69, 9.17) is 5.11 Å².